The fourth-order valence-electron chi connectivity index (χ4n) is 7.92. The van der Waals surface area contributed by atoms with Gasteiger partial charge in [-0.05, 0) is 65.7 Å². The highest BCUT2D eigenvalue weighted by atomic mass is 15.0. The number of fused-ring (bicyclic) bond motifs is 4. The van der Waals surface area contributed by atoms with Crippen LogP contribution >= 0.6 is 0 Å². The summed E-state index contributed by atoms with van der Waals surface area (Å²) in [5.41, 5.74) is 9.62. The summed E-state index contributed by atoms with van der Waals surface area (Å²) in [5, 5.41) is 6.91. The monoisotopic (exact) mass is 687 g/mol. The predicted octanol–water partition coefficient (Wildman–Crippen LogP) is 13.3. The SMILES string of the molecule is c1ccc(-c2ccccc2-c2nc(-c3ccccc3-c3ccccc3)nc(-c3c4ccccc4c(-c4ccccc4)c4c3ccc3ccccc34)n2)cc1. The first kappa shape index (κ1) is 31.5. The molecule has 0 aliphatic heterocycles. The highest BCUT2D eigenvalue weighted by molar-refractivity contribution is 6.27. The summed E-state index contributed by atoms with van der Waals surface area (Å²) in [6, 6.07) is 70.4. The van der Waals surface area contributed by atoms with Crippen LogP contribution in [-0.2, 0) is 0 Å². The van der Waals surface area contributed by atoms with E-state index in [0.29, 0.717) is 17.5 Å². The van der Waals surface area contributed by atoms with E-state index in [1.807, 2.05) is 12.1 Å². The van der Waals surface area contributed by atoms with Crippen molar-refractivity contribution in [1.82, 2.24) is 15.0 Å². The molecule has 0 aliphatic rings. The van der Waals surface area contributed by atoms with Crippen molar-refractivity contribution in [3.63, 3.8) is 0 Å². The quantitative estimate of drug-likeness (QED) is 0.129. The first-order valence-electron chi connectivity index (χ1n) is 18.3. The van der Waals surface area contributed by atoms with Crippen LogP contribution in [0.25, 0.3) is 99.9 Å². The second-order valence-electron chi connectivity index (χ2n) is 13.5. The van der Waals surface area contributed by atoms with Crippen LogP contribution in [0.15, 0.2) is 200 Å². The third-order valence-corrected chi connectivity index (χ3v) is 10.3. The smallest absolute Gasteiger partial charge is 0.165 e. The van der Waals surface area contributed by atoms with Crippen molar-refractivity contribution in [3.8, 4) is 67.5 Å². The standard InChI is InChI=1S/C51H33N3/c1-4-18-34(19-5-1)38-25-12-16-30-43(38)49-52-50(44-31-17-13-26-39(44)35-20-6-2-7-21-35)54-51(53-49)48-42-29-15-14-28-41(42)46(37-23-8-3-9-24-37)47-40-27-11-10-22-36(40)32-33-45(47)48/h1-33H. The maximum Gasteiger partial charge on any atom is 0.165 e. The molecule has 0 saturated carbocycles. The molecule has 252 valence electrons. The van der Waals surface area contributed by atoms with E-state index in [0.717, 1.165) is 55.1 Å². The van der Waals surface area contributed by atoms with Gasteiger partial charge < -0.3 is 0 Å². The van der Waals surface area contributed by atoms with Crippen molar-refractivity contribution in [1.29, 1.82) is 0 Å². The second-order valence-corrected chi connectivity index (χ2v) is 13.5. The minimum absolute atomic E-state index is 0.627. The maximum absolute atomic E-state index is 5.45. The highest BCUT2D eigenvalue weighted by Gasteiger charge is 2.23. The molecule has 10 rings (SSSR count). The molecule has 3 nitrogen and oxygen atoms in total. The Hall–Kier alpha value is -7.23. The summed E-state index contributed by atoms with van der Waals surface area (Å²) < 4.78 is 0. The van der Waals surface area contributed by atoms with E-state index in [1.54, 1.807) is 0 Å². The lowest BCUT2D eigenvalue weighted by Crippen LogP contribution is -2.03. The molecule has 0 aliphatic carbocycles. The molecular weight excluding hydrogens is 655 g/mol. The van der Waals surface area contributed by atoms with Crippen LogP contribution in [0.5, 0.6) is 0 Å². The number of rotatable bonds is 6. The Morgan fingerprint density at radius 1 is 0.241 bits per heavy atom. The van der Waals surface area contributed by atoms with Crippen LogP contribution in [0.4, 0.5) is 0 Å². The molecule has 1 heterocycles. The van der Waals surface area contributed by atoms with Gasteiger partial charge >= 0.3 is 0 Å². The zero-order valence-electron chi connectivity index (χ0n) is 29.4. The van der Waals surface area contributed by atoms with Gasteiger partial charge in [-0.15, -0.1) is 0 Å². The summed E-state index contributed by atoms with van der Waals surface area (Å²) in [6.07, 6.45) is 0. The van der Waals surface area contributed by atoms with Crippen LogP contribution < -0.4 is 0 Å². The zero-order valence-corrected chi connectivity index (χ0v) is 29.4. The lowest BCUT2D eigenvalue weighted by molar-refractivity contribution is 1.08. The topological polar surface area (TPSA) is 38.7 Å². The van der Waals surface area contributed by atoms with E-state index in [4.69, 9.17) is 15.0 Å². The Morgan fingerprint density at radius 2 is 0.648 bits per heavy atom. The Kier molecular flexibility index (Phi) is 7.81. The Labute approximate surface area is 313 Å². The molecule has 1 aromatic heterocycles. The molecule has 0 fully saturated rings. The molecule has 10 aromatic rings. The largest absolute Gasteiger partial charge is 0.208 e. The lowest BCUT2D eigenvalue weighted by Gasteiger charge is -2.19. The van der Waals surface area contributed by atoms with Crippen LogP contribution in [0, 0.1) is 0 Å². The first-order chi connectivity index (χ1) is 26.8. The maximum atomic E-state index is 5.45. The van der Waals surface area contributed by atoms with Crippen molar-refractivity contribution in [2.45, 2.75) is 0 Å². The molecule has 0 saturated heterocycles. The summed E-state index contributed by atoms with van der Waals surface area (Å²) in [5.74, 6) is 1.89. The summed E-state index contributed by atoms with van der Waals surface area (Å²) >= 11 is 0. The van der Waals surface area contributed by atoms with Crippen LogP contribution in [0.2, 0.25) is 0 Å². The van der Waals surface area contributed by atoms with E-state index < -0.39 is 0 Å². The van der Waals surface area contributed by atoms with Crippen molar-refractivity contribution >= 4 is 32.3 Å². The predicted molar refractivity (Wildman–Crippen MR) is 225 cm³/mol. The molecule has 9 aromatic carbocycles. The van der Waals surface area contributed by atoms with Crippen LogP contribution in [0.1, 0.15) is 0 Å². The van der Waals surface area contributed by atoms with Gasteiger partial charge in [-0.25, -0.2) is 15.0 Å². The van der Waals surface area contributed by atoms with E-state index in [-0.39, 0.29) is 0 Å². The number of aromatic nitrogens is 3. The van der Waals surface area contributed by atoms with Gasteiger partial charge in [0.25, 0.3) is 0 Å². The Bertz CT molecular complexity index is 2870. The third-order valence-electron chi connectivity index (χ3n) is 10.3. The number of hydrogen-bond acceptors (Lipinski definition) is 3. The zero-order chi connectivity index (χ0) is 35.8. The Balaban J connectivity index is 1.34. The van der Waals surface area contributed by atoms with Gasteiger partial charge in [0.15, 0.2) is 17.5 Å². The number of nitrogens with zero attached hydrogens (tertiary/aromatic N) is 3. The third kappa shape index (κ3) is 5.42. The lowest BCUT2D eigenvalue weighted by atomic mass is 9.85. The number of benzene rings is 9. The highest BCUT2D eigenvalue weighted by Crippen LogP contribution is 2.46. The van der Waals surface area contributed by atoms with E-state index in [1.165, 1.54) is 27.3 Å². The van der Waals surface area contributed by atoms with E-state index >= 15 is 0 Å². The van der Waals surface area contributed by atoms with Gasteiger partial charge in [-0.2, -0.15) is 0 Å². The molecular formula is C51H33N3. The van der Waals surface area contributed by atoms with Crippen molar-refractivity contribution in [2.75, 3.05) is 0 Å². The van der Waals surface area contributed by atoms with E-state index in [9.17, 15) is 0 Å². The minimum Gasteiger partial charge on any atom is -0.208 e. The van der Waals surface area contributed by atoms with Crippen molar-refractivity contribution < 1.29 is 0 Å². The first-order valence-corrected chi connectivity index (χ1v) is 18.3. The normalized spacial score (nSPS) is 11.3. The molecule has 0 unspecified atom stereocenters. The molecule has 0 spiro atoms. The Morgan fingerprint density at radius 3 is 1.20 bits per heavy atom. The second kappa shape index (κ2) is 13.4. The molecule has 0 bridgehead atoms. The fraction of sp³-hybridized carbons (Fsp3) is 0. The fourth-order valence-corrected chi connectivity index (χ4v) is 7.92. The van der Waals surface area contributed by atoms with Crippen LogP contribution in [-0.4, -0.2) is 15.0 Å². The van der Waals surface area contributed by atoms with Gasteiger partial charge in [0, 0.05) is 16.7 Å². The van der Waals surface area contributed by atoms with Gasteiger partial charge in [0.2, 0.25) is 0 Å². The molecule has 54 heavy (non-hydrogen) atoms. The average molecular weight is 688 g/mol. The summed E-state index contributed by atoms with van der Waals surface area (Å²) in [4.78, 5) is 16.2. The molecule has 0 atom stereocenters. The van der Waals surface area contributed by atoms with Gasteiger partial charge in [-0.1, -0.05) is 200 Å². The van der Waals surface area contributed by atoms with Gasteiger partial charge in [-0.3, -0.25) is 0 Å². The molecule has 0 radical (unpaired) electrons. The molecule has 3 heteroatoms. The minimum atomic E-state index is 0.627. The average Bonchev–Trinajstić information content (AvgIpc) is 3.26. The van der Waals surface area contributed by atoms with Gasteiger partial charge in [0.1, 0.15) is 0 Å². The van der Waals surface area contributed by atoms with E-state index in [2.05, 4.69) is 188 Å². The van der Waals surface area contributed by atoms with Gasteiger partial charge in [0.05, 0.1) is 0 Å². The van der Waals surface area contributed by atoms with Crippen molar-refractivity contribution in [2.24, 2.45) is 0 Å². The summed E-state index contributed by atoms with van der Waals surface area (Å²) in [7, 11) is 0. The molecule has 0 amide bonds. The van der Waals surface area contributed by atoms with Crippen molar-refractivity contribution in [3.05, 3.63) is 200 Å². The van der Waals surface area contributed by atoms with Crippen LogP contribution in [0.3, 0.4) is 0 Å². The molecule has 0 N–H and O–H groups in total. The summed E-state index contributed by atoms with van der Waals surface area (Å²) in [6.45, 7) is 0. The number of hydrogen-bond donors (Lipinski definition) is 0.